The molecule has 0 aliphatic carbocycles. The number of hydrogen-bond donors (Lipinski definition) is 2. The lowest BCUT2D eigenvalue weighted by Gasteiger charge is -2.11. The topological polar surface area (TPSA) is 98.2 Å². The average molecular weight is 462 g/mol. The third-order valence-corrected chi connectivity index (χ3v) is 4.83. The van der Waals surface area contributed by atoms with Crippen molar-refractivity contribution < 1.29 is 23.8 Å². The van der Waals surface area contributed by atoms with Crippen molar-refractivity contribution >= 4 is 18.0 Å². The first kappa shape index (κ1) is 24.3. The maximum absolute atomic E-state index is 12.3. The highest BCUT2D eigenvalue weighted by Crippen LogP contribution is 2.28. The van der Waals surface area contributed by atoms with Crippen LogP contribution in [0.1, 0.15) is 27.0 Å². The van der Waals surface area contributed by atoms with Crippen LogP contribution in [0, 0.1) is 6.92 Å². The molecule has 34 heavy (non-hydrogen) atoms. The Bertz CT molecular complexity index is 1180. The Morgan fingerprint density at radius 1 is 0.912 bits per heavy atom. The minimum atomic E-state index is -0.468. The SMILES string of the molecule is COc1cc(C=NNC(=O)CNC(=O)c2ccccc2OC)ccc1OCc1cccc(C)c1. The first-order chi connectivity index (χ1) is 16.5. The number of ether oxygens (including phenoxy) is 3. The van der Waals surface area contributed by atoms with Crippen LogP contribution in [-0.2, 0) is 11.4 Å². The van der Waals surface area contributed by atoms with Crippen LogP contribution in [-0.4, -0.2) is 38.8 Å². The molecule has 2 N–H and O–H groups in total. The van der Waals surface area contributed by atoms with E-state index in [9.17, 15) is 9.59 Å². The van der Waals surface area contributed by atoms with E-state index in [0.29, 0.717) is 35.0 Å². The fraction of sp³-hybridized carbons (Fsp3) is 0.192. The van der Waals surface area contributed by atoms with Crippen molar-refractivity contribution in [2.24, 2.45) is 5.10 Å². The van der Waals surface area contributed by atoms with Gasteiger partial charge in [-0.3, -0.25) is 9.59 Å². The zero-order valence-electron chi connectivity index (χ0n) is 19.3. The van der Waals surface area contributed by atoms with E-state index in [1.165, 1.54) is 18.9 Å². The average Bonchev–Trinajstić information content (AvgIpc) is 2.86. The molecule has 0 saturated heterocycles. The number of carbonyl (C=O) groups is 2. The number of nitrogens with one attached hydrogen (secondary N) is 2. The molecule has 0 unspecified atom stereocenters. The van der Waals surface area contributed by atoms with Gasteiger partial charge in [-0.2, -0.15) is 5.10 Å². The monoisotopic (exact) mass is 461 g/mol. The quantitative estimate of drug-likeness (QED) is 0.356. The predicted octanol–water partition coefficient (Wildman–Crippen LogP) is 3.47. The van der Waals surface area contributed by atoms with E-state index < -0.39 is 11.8 Å². The zero-order valence-corrected chi connectivity index (χ0v) is 19.3. The number of para-hydroxylation sites is 1. The Labute approximate surface area is 198 Å². The normalized spacial score (nSPS) is 10.6. The molecule has 0 radical (unpaired) electrons. The van der Waals surface area contributed by atoms with Crippen LogP contribution in [0.2, 0.25) is 0 Å². The van der Waals surface area contributed by atoms with Gasteiger partial charge in [0, 0.05) is 0 Å². The molecule has 3 rings (SSSR count). The second kappa shape index (κ2) is 12.1. The highest BCUT2D eigenvalue weighted by atomic mass is 16.5. The van der Waals surface area contributed by atoms with Gasteiger partial charge >= 0.3 is 0 Å². The molecule has 0 saturated carbocycles. The van der Waals surface area contributed by atoms with Crippen LogP contribution in [0.3, 0.4) is 0 Å². The largest absolute Gasteiger partial charge is 0.496 e. The second-order valence-corrected chi connectivity index (χ2v) is 7.36. The lowest BCUT2D eigenvalue weighted by atomic mass is 10.1. The van der Waals surface area contributed by atoms with Crippen molar-refractivity contribution in [1.82, 2.24) is 10.7 Å². The number of nitrogens with zero attached hydrogens (tertiary/aromatic N) is 1. The Kier molecular flexibility index (Phi) is 8.62. The first-order valence-corrected chi connectivity index (χ1v) is 10.6. The molecule has 3 aromatic carbocycles. The number of hydrogen-bond acceptors (Lipinski definition) is 6. The van der Waals surface area contributed by atoms with E-state index in [2.05, 4.69) is 21.9 Å². The van der Waals surface area contributed by atoms with Gasteiger partial charge in [0.2, 0.25) is 0 Å². The maximum atomic E-state index is 12.3. The maximum Gasteiger partial charge on any atom is 0.259 e. The van der Waals surface area contributed by atoms with Gasteiger partial charge in [0.25, 0.3) is 11.8 Å². The van der Waals surface area contributed by atoms with Crippen LogP contribution < -0.4 is 25.0 Å². The minimum Gasteiger partial charge on any atom is -0.496 e. The summed E-state index contributed by atoms with van der Waals surface area (Å²) in [7, 11) is 3.04. The number of rotatable bonds is 10. The molecule has 0 fully saturated rings. The number of aryl methyl sites for hydroxylation is 1. The summed E-state index contributed by atoms with van der Waals surface area (Å²) in [6.45, 7) is 2.22. The molecule has 8 heteroatoms. The Balaban J connectivity index is 1.51. The smallest absolute Gasteiger partial charge is 0.259 e. The van der Waals surface area contributed by atoms with Gasteiger partial charge in [-0.25, -0.2) is 5.43 Å². The first-order valence-electron chi connectivity index (χ1n) is 10.6. The standard InChI is InChI=1S/C26H27N3O5/c1-18-7-6-8-20(13-18)17-34-23-12-11-19(14-24(23)33-3)15-28-29-25(30)16-27-26(31)21-9-4-5-10-22(21)32-2/h4-15H,16-17H2,1-3H3,(H,27,31)(H,29,30). The van der Waals surface area contributed by atoms with Crippen LogP contribution in [0.25, 0.3) is 0 Å². The van der Waals surface area contributed by atoms with Crippen molar-refractivity contribution in [1.29, 1.82) is 0 Å². The molecule has 0 spiro atoms. The van der Waals surface area contributed by atoms with Crippen LogP contribution in [0.15, 0.2) is 71.8 Å². The zero-order chi connectivity index (χ0) is 24.3. The van der Waals surface area contributed by atoms with Gasteiger partial charge in [0.15, 0.2) is 11.5 Å². The van der Waals surface area contributed by atoms with Crippen molar-refractivity contribution in [3.05, 3.63) is 89.0 Å². The van der Waals surface area contributed by atoms with Gasteiger partial charge in [-0.15, -0.1) is 0 Å². The van der Waals surface area contributed by atoms with Crippen LogP contribution >= 0.6 is 0 Å². The molecule has 0 aliphatic rings. The summed E-state index contributed by atoms with van der Waals surface area (Å²) in [5.74, 6) is 0.696. The molecule has 0 heterocycles. The van der Waals surface area contributed by atoms with Crippen LogP contribution in [0.5, 0.6) is 17.2 Å². The van der Waals surface area contributed by atoms with E-state index in [1.54, 1.807) is 49.6 Å². The molecule has 0 aromatic heterocycles. The molecule has 0 aliphatic heterocycles. The van der Waals surface area contributed by atoms with E-state index >= 15 is 0 Å². The van der Waals surface area contributed by atoms with Gasteiger partial charge < -0.3 is 19.5 Å². The lowest BCUT2D eigenvalue weighted by Crippen LogP contribution is -2.35. The van der Waals surface area contributed by atoms with E-state index in [0.717, 1.165) is 5.56 Å². The highest BCUT2D eigenvalue weighted by molar-refractivity contribution is 5.98. The molecule has 8 nitrogen and oxygen atoms in total. The molecular weight excluding hydrogens is 434 g/mol. The molecular formula is C26H27N3O5. The van der Waals surface area contributed by atoms with E-state index in [1.807, 2.05) is 25.1 Å². The molecule has 0 bridgehead atoms. The summed E-state index contributed by atoms with van der Waals surface area (Å²) < 4.78 is 16.5. The Morgan fingerprint density at radius 3 is 2.47 bits per heavy atom. The fourth-order valence-electron chi connectivity index (χ4n) is 3.15. The van der Waals surface area contributed by atoms with Gasteiger partial charge in [-0.05, 0) is 48.4 Å². The Morgan fingerprint density at radius 2 is 1.71 bits per heavy atom. The van der Waals surface area contributed by atoms with Crippen molar-refractivity contribution in [3.63, 3.8) is 0 Å². The summed E-state index contributed by atoms with van der Waals surface area (Å²) in [6.07, 6.45) is 1.48. The lowest BCUT2D eigenvalue weighted by molar-refractivity contribution is -0.120. The number of carbonyl (C=O) groups excluding carboxylic acids is 2. The Hall–Kier alpha value is -4.33. The third-order valence-electron chi connectivity index (χ3n) is 4.83. The van der Waals surface area contributed by atoms with E-state index in [4.69, 9.17) is 14.2 Å². The number of amides is 2. The summed E-state index contributed by atoms with van der Waals surface area (Å²) >= 11 is 0. The highest BCUT2D eigenvalue weighted by Gasteiger charge is 2.12. The van der Waals surface area contributed by atoms with Crippen molar-refractivity contribution in [2.75, 3.05) is 20.8 Å². The van der Waals surface area contributed by atoms with E-state index in [-0.39, 0.29) is 6.54 Å². The number of benzene rings is 3. The predicted molar refractivity (Wildman–Crippen MR) is 130 cm³/mol. The summed E-state index contributed by atoms with van der Waals surface area (Å²) in [4.78, 5) is 24.3. The summed E-state index contributed by atoms with van der Waals surface area (Å²) in [5.41, 5.74) is 5.67. The fourth-order valence-corrected chi connectivity index (χ4v) is 3.15. The number of hydrazone groups is 1. The molecule has 2 amide bonds. The summed E-state index contributed by atoms with van der Waals surface area (Å²) in [6, 6.07) is 20.2. The van der Waals surface area contributed by atoms with Gasteiger partial charge in [0.1, 0.15) is 12.4 Å². The summed E-state index contributed by atoms with van der Waals surface area (Å²) in [5, 5.41) is 6.47. The van der Waals surface area contributed by atoms with Gasteiger partial charge in [-0.1, -0.05) is 42.0 Å². The van der Waals surface area contributed by atoms with Gasteiger partial charge in [0.05, 0.1) is 32.5 Å². The van der Waals surface area contributed by atoms with Crippen molar-refractivity contribution in [2.45, 2.75) is 13.5 Å². The minimum absolute atomic E-state index is 0.233. The third kappa shape index (κ3) is 6.83. The molecule has 176 valence electrons. The van der Waals surface area contributed by atoms with Crippen LogP contribution in [0.4, 0.5) is 0 Å². The van der Waals surface area contributed by atoms with Crippen molar-refractivity contribution in [3.8, 4) is 17.2 Å². The molecule has 3 aromatic rings. The number of methoxy groups -OCH3 is 2. The second-order valence-electron chi connectivity index (χ2n) is 7.36. The molecule has 0 atom stereocenters.